The SMILES string of the molecule is COc1ccc(-n2ccc(C(=O)Nc3cc(C(N)=O)ccc3N3CCCCC3)n2)cc1. The number of aromatic nitrogens is 2. The summed E-state index contributed by atoms with van der Waals surface area (Å²) in [5.41, 5.74) is 8.32. The van der Waals surface area contributed by atoms with Crippen molar-refractivity contribution in [3.8, 4) is 11.4 Å². The molecule has 1 aliphatic rings. The molecule has 8 nitrogen and oxygen atoms in total. The minimum atomic E-state index is -0.538. The van der Waals surface area contributed by atoms with Gasteiger partial charge in [-0.15, -0.1) is 0 Å². The summed E-state index contributed by atoms with van der Waals surface area (Å²) >= 11 is 0. The Kier molecular flexibility index (Phi) is 5.88. The maximum atomic E-state index is 12.9. The third-order valence-electron chi connectivity index (χ3n) is 5.38. The number of methoxy groups -OCH3 is 1. The highest BCUT2D eigenvalue weighted by Crippen LogP contribution is 2.30. The maximum Gasteiger partial charge on any atom is 0.276 e. The van der Waals surface area contributed by atoms with E-state index >= 15 is 0 Å². The summed E-state index contributed by atoms with van der Waals surface area (Å²) in [5, 5.41) is 7.31. The van der Waals surface area contributed by atoms with Gasteiger partial charge < -0.3 is 20.7 Å². The molecule has 1 saturated heterocycles. The quantitative estimate of drug-likeness (QED) is 0.639. The summed E-state index contributed by atoms with van der Waals surface area (Å²) in [6.45, 7) is 1.82. The smallest absolute Gasteiger partial charge is 0.276 e. The Morgan fingerprint density at radius 1 is 1.03 bits per heavy atom. The predicted octanol–water partition coefficient (Wildman–Crippen LogP) is 3.22. The molecule has 0 unspecified atom stereocenters. The van der Waals surface area contributed by atoms with Gasteiger partial charge in [0.25, 0.3) is 5.91 Å². The fourth-order valence-corrected chi connectivity index (χ4v) is 3.71. The maximum absolute atomic E-state index is 12.9. The van der Waals surface area contributed by atoms with Crippen molar-refractivity contribution in [1.82, 2.24) is 9.78 Å². The summed E-state index contributed by atoms with van der Waals surface area (Å²) in [7, 11) is 1.61. The lowest BCUT2D eigenvalue weighted by Gasteiger charge is -2.30. The van der Waals surface area contributed by atoms with Crippen LogP contribution in [0.1, 0.15) is 40.1 Å². The fourth-order valence-electron chi connectivity index (χ4n) is 3.71. The van der Waals surface area contributed by atoms with E-state index in [0.29, 0.717) is 11.3 Å². The monoisotopic (exact) mass is 419 g/mol. The molecule has 2 heterocycles. The topological polar surface area (TPSA) is 102 Å². The van der Waals surface area contributed by atoms with Gasteiger partial charge in [-0.05, 0) is 67.8 Å². The first-order valence-electron chi connectivity index (χ1n) is 10.3. The van der Waals surface area contributed by atoms with Gasteiger partial charge in [-0.25, -0.2) is 4.68 Å². The summed E-state index contributed by atoms with van der Waals surface area (Å²) in [6.07, 6.45) is 5.11. The number of ether oxygens (including phenoxy) is 1. The molecule has 1 aliphatic heterocycles. The predicted molar refractivity (Wildman–Crippen MR) is 119 cm³/mol. The fraction of sp³-hybridized carbons (Fsp3) is 0.261. The van der Waals surface area contributed by atoms with Gasteiger partial charge in [-0.2, -0.15) is 5.10 Å². The third-order valence-corrected chi connectivity index (χ3v) is 5.38. The number of benzene rings is 2. The Morgan fingerprint density at radius 3 is 2.45 bits per heavy atom. The van der Waals surface area contributed by atoms with Crippen LogP contribution in [0.3, 0.4) is 0 Å². The van der Waals surface area contributed by atoms with Crippen LogP contribution < -0.4 is 20.7 Å². The van der Waals surface area contributed by atoms with Gasteiger partial charge in [0, 0.05) is 24.8 Å². The molecular formula is C23H25N5O3. The molecule has 3 N–H and O–H groups in total. The van der Waals surface area contributed by atoms with E-state index in [1.807, 2.05) is 30.3 Å². The number of carbonyl (C=O) groups is 2. The number of nitrogens with two attached hydrogens (primary N) is 1. The van der Waals surface area contributed by atoms with Crippen molar-refractivity contribution in [1.29, 1.82) is 0 Å². The highest BCUT2D eigenvalue weighted by Gasteiger charge is 2.19. The molecule has 160 valence electrons. The molecule has 8 heteroatoms. The zero-order valence-electron chi connectivity index (χ0n) is 17.4. The lowest BCUT2D eigenvalue weighted by Crippen LogP contribution is -2.30. The Morgan fingerprint density at radius 2 is 1.77 bits per heavy atom. The number of rotatable bonds is 6. The van der Waals surface area contributed by atoms with Gasteiger partial charge in [0.1, 0.15) is 5.75 Å². The normalized spacial score (nSPS) is 13.6. The van der Waals surface area contributed by atoms with E-state index in [0.717, 1.165) is 43.1 Å². The second-order valence-electron chi connectivity index (χ2n) is 7.44. The van der Waals surface area contributed by atoms with E-state index in [-0.39, 0.29) is 11.6 Å². The van der Waals surface area contributed by atoms with Crippen molar-refractivity contribution in [2.24, 2.45) is 5.73 Å². The number of hydrogen-bond donors (Lipinski definition) is 2. The summed E-state index contributed by atoms with van der Waals surface area (Å²) in [4.78, 5) is 26.8. The number of piperidine rings is 1. The molecule has 1 aromatic heterocycles. The number of amides is 2. The lowest BCUT2D eigenvalue weighted by atomic mass is 10.1. The van der Waals surface area contributed by atoms with Crippen molar-refractivity contribution >= 4 is 23.2 Å². The molecule has 0 bridgehead atoms. The van der Waals surface area contributed by atoms with Gasteiger partial charge in [0.2, 0.25) is 5.91 Å². The zero-order chi connectivity index (χ0) is 21.8. The molecule has 4 rings (SSSR count). The molecule has 1 fully saturated rings. The first-order valence-corrected chi connectivity index (χ1v) is 10.3. The lowest BCUT2D eigenvalue weighted by molar-refractivity contribution is 0.0995. The highest BCUT2D eigenvalue weighted by molar-refractivity contribution is 6.06. The minimum absolute atomic E-state index is 0.268. The van der Waals surface area contributed by atoms with Crippen LogP contribution in [0, 0.1) is 0 Å². The van der Waals surface area contributed by atoms with Crippen LogP contribution in [-0.4, -0.2) is 41.8 Å². The Bertz CT molecular complexity index is 1080. The highest BCUT2D eigenvalue weighted by atomic mass is 16.5. The number of hydrogen-bond acceptors (Lipinski definition) is 5. The molecule has 0 saturated carbocycles. The van der Waals surface area contributed by atoms with Crippen LogP contribution in [0.5, 0.6) is 5.75 Å². The average molecular weight is 419 g/mol. The third kappa shape index (κ3) is 4.53. The molecule has 0 atom stereocenters. The van der Waals surface area contributed by atoms with Crippen LogP contribution >= 0.6 is 0 Å². The zero-order valence-corrected chi connectivity index (χ0v) is 17.4. The van der Waals surface area contributed by atoms with Gasteiger partial charge >= 0.3 is 0 Å². The number of anilines is 2. The van der Waals surface area contributed by atoms with Gasteiger partial charge in [0.05, 0.1) is 24.2 Å². The minimum Gasteiger partial charge on any atom is -0.497 e. The molecule has 2 amide bonds. The van der Waals surface area contributed by atoms with Crippen LogP contribution in [0.15, 0.2) is 54.7 Å². The van der Waals surface area contributed by atoms with E-state index in [2.05, 4.69) is 15.3 Å². The Hall–Kier alpha value is -3.81. The van der Waals surface area contributed by atoms with E-state index in [9.17, 15) is 9.59 Å². The van der Waals surface area contributed by atoms with Crippen molar-refractivity contribution in [2.45, 2.75) is 19.3 Å². The van der Waals surface area contributed by atoms with E-state index in [1.165, 1.54) is 6.42 Å². The number of nitrogens with zero attached hydrogens (tertiary/aromatic N) is 3. The molecule has 0 aliphatic carbocycles. The van der Waals surface area contributed by atoms with Crippen LogP contribution in [0.2, 0.25) is 0 Å². The van der Waals surface area contributed by atoms with Crippen LogP contribution in [0.25, 0.3) is 5.69 Å². The van der Waals surface area contributed by atoms with E-state index in [1.54, 1.807) is 36.2 Å². The van der Waals surface area contributed by atoms with Crippen molar-refractivity contribution in [3.05, 3.63) is 66.0 Å². The summed E-state index contributed by atoms with van der Waals surface area (Å²) in [6, 6.07) is 14.2. The van der Waals surface area contributed by atoms with Crippen molar-refractivity contribution in [2.75, 3.05) is 30.4 Å². The molecule has 0 radical (unpaired) electrons. The standard InChI is InChI=1S/C23H25N5O3/c1-31-18-8-6-17(7-9-18)28-14-11-19(26-28)23(30)25-20-15-16(22(24)29)5-10-21(20)27-12-3-2-4-13-27/h5-11,14-15H,2-4,12-13H2,1H3,(H2,24,29)(H,25,30). The first-order chi connectivity index (χ1) is 15.0. The largest absolute Gasteiger partial charge is 0.497 e. The second-order valence-corrected chi connectivity index (χ2v) is 7.44. The van der Waals surface area contributed by atoms with Crippen LogP contribution in [-0.2, 0) is 0 Å². The van der Waals surface area contributed by atoms with Crippen molar-refractivity contribution < 1.29 is 14.3 Å². The van der Waals surface area contributed by atoms with Gasteiger partial charge in [-0.3, -0.25) is 9.59 Å². The van der Waals surface area contributed by atoms with E-state index in [4.69, 9.17) is 10.5 Å². The summed E-state index contributed by atoms with van der Waals surface area (Å²) in [5.74, 6) is -0.148. The van der Waals surface area contributed by atoms with Gasteiger partial charge in [0.15, 0.2) is 5.69 Å². The number of nitrogens with one attached hydrogen (secondary N) is 1. The Labute approximate surface area is 180 Å². The van der Waals surface area contributed by atoms with Crippen LogP contribution in [0.4, 0.5) is 11.4 Å². The van der Waals surface area contributed by atoms with Gasteiger partial charge in [-0.1, -0.05) is 0 Å². The second kappa shape index (κ2) is 8.91. The number of primary amides is 1. The molecule has 2 aromatic carbocycles. The first kappa shape index (κ1) is 20.5. The van der Waals surface area contributed by atoms with Crippen molar-refractivity contribution in [3.63, 3.8) is 0 Å². The molecular weight excluding hydrogens is 394 g/mol. The summed E-state index contributed by atoms with van der Waals surface area (Å²) < 4.78 is 6.80. The molecule has 3 aromatic rings. The molecule has 31 heavy (non-hydrogen) atoms. The average Bonchev–Trinajstić information content (AvgIpc) is 3.30. The van der Waals surface area contributed by atoms with E-state index < -0.39 is 5.91 Å². The number of carbonyl (C=O) groups excluding carboxylic acids is 2. The molecule has 0 spiro atoms. The Balaban J connectivity index is 1.58.